The van der Waals surface area contributed by atoms with Crippen LogP contribution in [0, 0.1) is 0 Å². The molecule has 0 spiro atoms. The van der Waals surface area contributed by atoms with Gasteiger partial charge in [0.05, 0.1) is 5.69 Å². The highest BCUT2D eigenvalue weighted by Crippen LogP contribution is 2.14. The number of carbonyl (C=O) groups excluding carboxylic acids is 1. The molecule has 0 radical (unpaired) electrons. The zero-order valence-corrected chi connectivity index (χ0v) is 9.12. The number of nitrogens with two attached hydrogens (primary N) is 1. The maximum absolute atomic E-state index is 11.8. The molecule has 5 nitrogen and oxygen atoms in total. The average Bonchev–Trinajstić information content (AvgIpc) is 2.82. The highest BCUT2D eigenvalue weighted by molar-refractivity contribution is 7.08. The second-order valence-corrected chi connectivity index (χ2v) is 3.82. The minimum atomic E-state index is -0.183. The second kappa shape index (κ2) is 4.73. The SMILES string of the molecule is NNc1cc(C(=O)Nc2ccsc2)ccn1. The maximum atomic E-state index is 11.8. The molecule has 0 aromatic carbocycles. The van der Waals surface area contributed by atoms with Crippen LogP contribution in [0.5, 0.6) is 0 Å². The summed E-state index contributed by atoms with van der Waals surface area (Å²) in [6.45, 7) is 0. The van der Waals surface area contributed by atoms with E-state index in [1.165, 1.54) is 17.5 Å². The van der Waals surface area contributed by atoms with Crippen LogP contribution >= 0.6 is 11.3 Å². The van der Waals surface area contributed by atoms with Gasteiger partial charge in [0, 0.05) is 17.1 Å². The van der Waals surface area contributed by atoms with E-state index < -0.39 is 0 Å². The number of nitrogens with zero attached hydrogens (tertiary/aromatic N) is 1. The monoisotopic (exact) mass is 234 g/mol. The van der Waals surface area contributed by atoms with Crippen molar-refractivity contribution in [2.75, 3.05) is 10.7 Å². The third-order valence-electron chi connectivity index (χ3n) is 1.95. The number of hydrazine groups is 1. The van der Waals surface area contributed by atoms with Gasteiger partial charge in [0.15, 0.2) is 0 Å². The van der Waals surface area contributed by atoms with Crippen LogP contribution in [0.2, 0.25) is 0 Å². The molecule has 4 N–H and O–H groups in total. The van der Waals surface area contributed by atoms with Gasteiger partial charge in [-0.15, -0.1) is 0 Å². The molecule has 0 fully saturated rings. The summed E-state index contributed by atoms with van der Waals surface area (Å²) in [6, 6.07) is 5.05. The van der Waals surface area contributed by atoms with Gasteiger partial charge in [0.25, 0.3) is 5.91 Å². The minimum Gasteiger partial charge on any atom is -0.321 e. The Labute approximate surface area is 96.3 Å². The van der Waals surface area contributed by atoms with Crippen molar-refractivity contribution in [2.24, 2.45) is 5.84 Å². The number of hydrogen-bond donors (Lipinski definition) is 3. The van der Waals surface area contributed by atoms with Crippen LogP contribution in [0.25, 0.3) is 0 Å². The summed E-state index contributed by atoms with van der Waals surface area (Å²) >= 11 is 1.53. The Balaban J connectivity index is 2.14. The molecule has 0 aliphatic heterocycles. The summed E-state index contributed by atoms with van der Waals surface area (Å²) in [4.78, 5) is 15.7. The van der Waals surface area contributed by atoms with Gasteiger partial charge in [-0.3, -0.25) is 4.79 Å². The first-order chi connectivity index (χ1) is 7.79. The summed E-state index contributed by atoms with van der Waals surface area (Å²) in [6.07, 6.45) is 1.53. The number of amides is 1. The van der Waals surface area contributed by atoms with Gasteiger partial charge in [-0.25, -0.2) is 10.8 Å². The molecular formula is C10H10N4OS. The van der Waals surface area contributed by atoms with Crippen LogP contribution in [0.4, 0.5) is 11.5 Å². The molecule has 1 amide bonds. The third kappa shape index (κ3) is 2.36. The normalized spacial score (nSPS) is 9.81. The molecule has 2 rings (SSSR count). The second-order valence-electron chi connectivity index (χ2n) is 3.04. The lowest BCUT2D eigenvalue weighted by Crippen LogP contribution is -2.13. The quantitative estimate of drug-likeness (QED) is 0.557. The summed E-state index contributed by atoms with van der Waals surface area (Å²) in [7, 11) is 0. The molecule has 0 bridgehead atoms. The standard InChI is InChI=1S/C10H10N4OS/c11-14-9-5-7(1-3-12-9)10(15)13-8-2-4-16-6-8/h1-6H,11H2,(H,12,14)(H,13,15). The molecule has 0 atom stereocenters. The van der Waals surface area contributed by atoms with E-state index in [4.69, 9.17) is 5.84 Å². The molecule has 2 aromatic rings. The van der Waals surface area contributed by atoms with Crippen LogP contribution < -0.4 is 16.6 Å². The molecule has 0 saturated carbocycles. The van der Waals surface area contributed by atoms with Gasteiger partial charge in [-0.05, 0) is 23.6 Å². The number of rotatable bonds is 3. The first kappa shape index (κ1) is 10.6. The van der Waals surface area contributed by atoms with Crippen LogP contribution in [0.1, 0.15) is 10.4 Å². The maximum Gasteiger partial charge on any atom is 0.255 e. The molecule has 16 heavy (non-hydrogen) atoms. The van der Waals surface area contributed by atoms with Gasteiger partial charge in [0.1, 0.15) is 5.82 Å². The van der Waals surface area contributed by atoms with Gasteiger partial charge >= 0.3 is 0 Å². The molecule has 6 heteroatoms. The van der Waals surface area contributed by atoms with E-state index in [9.17, 15) is 4.79 Å². The number of thiophene rings is 1. The van der Waals surface area contributed by atoms with Crippen molar-refractivity contribution in [1.82, 2.24) is 4.98 Å². The molecule has 0 unspecified atom stereocenters. The number of aromatic nitrogens is 1. The van der Waals surface area contributed by atoms with Crippen LogP contribution in [-0.2, 0) is 0 Å². The van der Waals surface area contributed by atoms with Crippen molar-refractivity contribution in [3.8, 4) is 0 Å². The molecule has 2 heterocycles. The summed E-state index contributed by atoms with van der Waals surface area (Å²) in [5, 5.41) is 6.52. The Morgan fingerprint density at radius 2 is 2.31 bits per heavy atom. The zero-order valence-electron chi connectivity index (χ0n) is 8.31. The fourth-order valence-corrected chi connectivity index (χ4v) is 1.78. The van der Waals surface area contributed by atoms with Crippen LogP contribution in [0.15, 0.2) is 35.2 Å². The van der Waals surface area contributed by atoms with Gasteiger partial charge < -0.3 is 10.7 Å². The molecule has 2 aromatic heterocycles. The van der Waals surface area contributed by atoms with Gasteiger partial charge in [0.2, 0.25) is 0 Å². The van der Waals surface area contributed by atoms with Crippen molar-refractivity contribution < 1.29 is 4.79 Å². The number of hydrogen-bond acceptors (Lipinski definition) is 5. The minimum absolute atomic E-state index is 0.183. The average molecular weight is 234 g/mol. The zero-order chi connectivity index (χ0) is 11.4. The molecule has 0 aliphatic rings. The topological polar surface area (TPSA) is 80.0 Å². The van der Waals surface area contributed by atoms with E-state index in [0.717, 1.165) is 5.69 Å². The van der Waals surface area contributed by atoms with Gasteiger partial charge in [-0.1, -0.05) is 0 Å². The van der Waals surface area contributed by atoms with E-state index in [-0.39, 0.29) is 5.91 Å². The first-order valence-electron chi connectivity index (χ1n) is 4.56. The lowest BCUT2D eigenvalue weighted by molar-refractivity contribution is 0.102. The summed E-state index contributed by atoms with van der Waals surface area (Å²) in [5.41, 5.74) is 3.69. The number of pyridine rings is 1. The highest BCUT2D eigenvalue weighted by atomic mass is 32.1. The van der Waals surface area contributed by atoms with Crippen LogP contribution in [-0.4, -0.2) is 10.9 Å². The van der Waals surface area contributed by atoms with Crippen molar-refractivity contribution in [2.45, 2.75) is 0 Å². The lowest BCUT2D eigenvalue weighted by atomic mass is 10.2. The fourth-order valence-electron chi connectivity index (χ4n) is 1.19. The number of nitrogen functional groups attached to an aromatic ring is 1. The van der Waals surface area contributed by atoms with E-state index in [1.54, 1.807) is 12.1 Å². The predicted octanol–water partition coefficient (Wildman–Crippen LogP) is 1.68. The summed E-state index contributed by atoms with van der Waals surface area (Å²) in [5.74, 6) is 5.49. The van der Waals surface area contributed by atoms with E-state index in [0.29, 0.717) is 11.4 Å². The lowest BCUT2D eigenvalue weighted by Gasteiger charge is -2.04. The highest BCUT2D eigenvalue weighted by Gasteiger charge is 2.06. The Hall–Kier alpha value is -1.92. The Morgan fingerprint density at radius 1 is 1.44 bits per heavy atom. The van der Waals surface area contributed by atoms with E-state index in [1.807, 2.05) is 16.8 Å². The summed E-state index contributed by atoms with van der Waals surface area (Å²) < 4.78 is 0. The van der Waals surface area contributed by atoms with E-state index in [2.05, 4.69) is 15.7 Å². The first-order valence-corrected chi connectivity index (χ1v) is 5.50. The number of nitrogens with one attached hydrogen (secondary N) is 2. The third-order valence-corrected chi connectivity index (χ3v) is 2.63. The van der Waals surface area contributed by atoms with E-state index >= 15 is 0 Å². The molecular weight excluding hydrogens is 224 g/mol. The largest absolute Gasteiger partial charge is 0.321 e. The smallest absolute Gasteiger partial charge is 0.255 e. The molecule has 82 valence electrons. The molecule has 0 aliphatic carbocycles. The predicted molar refractivity (Wildman–Crippen MR) is 64.3 cm³/mol. The van der Waals surface area contributed by atoms with Crippen molar-refractivity contribution in [1.29, 1.82) is 0 Å². The number of carbonyl (C=O) groups is 1. The fraction of sp³-hybridized carbons (Fsp3) is 0. The Morgan fingerprint density at radius 3 is 3.00 bits per heavy atom. The Bertz CT molecular complexity index is 483. The Kier molecular flexibility index (Phi) is 3.13. The van der Waals surface area contributed by atoms with Crippen molar-refractivity contribution in [3.63, 3.8) is 0 Å². The van der Waals surface area contributed by atoms with Crippen LogP contribution in [0.3, 0.4) is 0 Å². The molecule has 0 saturated heterocycles. The number of anilines is 2. The van der Waals surface area contributed by atoms with Crippen molar-refractivity contribution >= 4 is 28.7 Å². The van der Waals surface area contributed by atoms with Gasteiger partial charge in [-0.2, -0.15) is 11.3 Å². The van der Waals surface area contributed by atoms with Crippen molar-refractivity contribution in [3.05, 3.63) is 40.7 Å².